The van der Waals surface area contributed by atoms with Gasteiger partial charge < -0.3 is 19.5 Å². The van der Waals surface area contributed by atoms with Gasteiger partial charge >= 0.3 is 0 Å². The lowest BCUT2D eigenvalue weighted by Crippen LogP contribution is -2.35. The molecule has 1 amide bonds. The van der Waals surface area contributed by atoms with E-state index < -0.39 is 0 Å². The second-order valence-electron chi connectivity index (χ2n) is 7.46. The van der Waals surface area contributed by atoms with Crippen LogP contribution >= 0.6 is 0 Å². The summed E-state index contributed by atoms with van der Waals surface area (Å²) in [6, 6.07) is 12.8. The minimum atomic E-state index is -0.341. The van der Waals surface area contributed by atoms with Crippen LogP contribution in [0.4, 0.5) is 0 Å². The maximum atomic E-state index is 13.2. The molecule has 2 heterocycles. The Balaban J connectivity index is 1.61. The first-order valence-corrected chi connectivity index (χ1v) is 10.6. The lowest BCUT2D eigenvalue weighted by Gasteiger charge is -2.12. The van der Waals surface area contributed by atoms with Crippen molar-refractivity contribution in [2.24, 2.45) is 0 Å². The van der Waals surface area contributed by atoms with Crippen molar-refractivity contribution in [3.05, 3.63) is 64.2 Å². The van der Waals surface area contributed by atoms with E-state index in [-0.39, 0.29) is 24.6 Å². The standard InChI is InChI=1S/C24H26N4O5/c1-5-22-26-27(14-23(29)25-13-15-9-10-20(32-3)21(11-15)33-4)24(30)18-12-16-17(28(18)22)7-6-8-19(16)31-2/h6-12H,5,13-14H2,1-4H3,(H,25,29). The maximum absolute atomic E-state index is 13.2. The van der Waals surface area contributed by atoms with Crippen LogP contribution in [0.1, 0.15) is 18.3 Å². The third-order valence-electron chi connectivity index (χ3n) is 5.52. The summed E-state index contributed by atoms with van der Waals surface area (Å²) in [6.45, 7) is 2.05. The molecule has 0 saturated carbocycles. The molecule has 1 N–H and O–H groups in total. The quantitative estimate of drug-likeness (QED) is 0.443. The van der Waals surface area contributed by atoms with E-state index in [0.29, 0.717) is 35.0 Å². The molecule has 0 aliphatic carbocycles. The van der Waals surface area contributed by atoms with E-state index in [2.05, 4.69) is 10.4 Å². The summed E-state index contributed by atoms with van der Waals surface area (Å²) in [5, 5.41) is 8.13. The van der Waals surface area contributed by atoms with Gasteiger partial charge in [-0.05, 0) is 35.9 Å². The normalized spacial score (nSPS) is 11.0. The van der Waals surface area contributed by atoms with Crippen molar-refractivity contribution in [1.29, 1.82) is 0 Å². The minimum absolute atomic E-state index is 0.186. The van der Waals surface area contributed by atoms with Gasteiger partial charge in [-0.2, -0.15) is 5.10 Å². The fourth-order valence-corrected chi connectivity index (χ4v) is 3.90. The van der Waals surface area contributed by atoms with Crippen LogP contribution in [-0.4, -0.2) is 41.4 Å². The fourth-order valence-electron chi connectivity index (χ4n) is 3.90. The van der Waals surface area contributed by atoms with Crippen molar-refractivity contribution in [3.8, 4) is 17.2 Å². The predicted octanol–water partition coefficient (Wildman–Crippen LogP) is 2.55. The Morgan fingerprint density at radius 2 is 1.73 bits per heavy atom. The molecular weight excluding hydrogens is 424 g/mol. The highest BCUT2D eigenvalue weighted by Crippen LogP contribution is 2.29. The number of rotatable bonds is 8. The number of nitrogens with zero attached hydrogens (tertiary/aromatic N) is 3. The third-order valence-corrected chi connectivity index (χ3v) is 5.52. The summed E-state index contributed by atoms with van der Waals surface area (Å²) in [5.74, 6) is 2.23. The molecule has 33 heavy (non-hydrogen) atoms. The molecule has 0 atom stereocenters. The zero-order valence-corrected chi connectivity index (χ0v) is 19.0. The average molecular weight is 450 g/mol. The highest BCUT2D eigenvalue weighted by molar-refractivity contribution is 5.92. The maximum Gasteiger partial charge on any atom is 0.291 e. The molecule has 0 aliphatic heterocycles. The van der Waals surface area contributed by atoms with Gasteiger partial charge in [0.15, 0.2) is 11.5 Å². The van der Waals surface area contributed by atoms with E-state index in [0.717, 1.165) is 16.5 Å². The fraction of sp³-hybridized carbons (Fsp3) is 0.292. The van der Waals surface area contributed by atoms with Gasteiger partial charge in [0, 0.05) is 18.4 Å². The smallest absolute Gasteiger partial charge is 0.291 e. The van der Waals surface area contributed by atoms with E-state index in [1.807, 2.05) is 35.6 Å². The molecule has 0 radical (unpaired) electrons. The lowest BCUT2D eigenvalue weighted by molar-refractivity contribution is -0.122. The van der Waals surface area contributed by atoms with Crippen molar-refractivity contribution in [2.75, 3.05) is 21.3 Å². The summed E-state index contributed by atoms with van der Waals surface area (Å²) in [6.07, 6.45) is 0.588. The zero-order chi connectivity index (χ0) is 23.5. The number of fused-ring (bicyclic) bond motifs is 3. The number of benzene rings is 2. The summed E-state index contributed by atoms with van der Waals surface area (Å²) in [4.78, 5) is 25.8. The minimum Gasteiger partial charge on any atom is -0.496 e. The lowest BCUT2D eigenvalue weighted by atomic mass is 10.2. The number of hydrogen-bond donors (Lipinski definition) is 1. The Labute approximate surface area is 190 Å². The van der Waals surface area contributed by atoms with Gasteiger partial charge in [0.05, 0.1) is 26.8 Å². The van der Waals surface area contributed by atoms with Crippen molar-refractivity contribution in [3.63, 3.8) is 0 Å². The van der Waals surface area contributed by atoms with Crippen molar-refractivity contribution < 1.29 is 19.0 Å². The number of methoxy groups -OCH3 is 3. The van der Waals surface area contributed by atoms with E-state index in [4.69, 9.17) is 14.2 Å². The Morgan fingerprint density at radius 3 is 2.42 bits per heavy atom. The molecule has 0 spiro atoms. The molecule has 0 unspecified atom stereocenters. The number of nitrogens with one attached hydrogen (secondary N) is 1. The van der Waals surface area contributed by atoms with Crippen LogP contribution in [0, 0.1) is 0 Å². The van der Waals surface area contributed by atoms with Gasteiger partial charge in [0.2, 0.25) is 5.91 Å². The summed E-state index contributed by atoms with van der Waals surface area (Å²) < 4.78 is 19.0. The molecular formula is C24H26N4O5. The van der Waals surface area contributed by atoms with Crippen LogP contribution in [0.15, 0.2) is 47.3 Å². The van der Waals surface area contributed by atoms with E-state index in [9.17, 15) is 9.59 Å². The molecule has 0 aliphatic rings. The molecule has 2 aromatic carbocycles. The molecule has 0 bridgehead atoms. The molecule has 0 saturated heterocycles. The topological polar surface area (TPSA) is 96.1 Å². The number of carbonyl (C=O) groups excluding carboxylic acids is 1. The first-order valence-electron chi connectivity index (χ1n) is 10.6. The van der Waals surface area contributed by atoms with Crippen LogP contribution in [0.2, 0.25) is 0 Å². The first kappa shape index (κ1) is 22.2. The van der Waals surface area contributed by atoms with E-state index in [1.54, 1.807) is 39.5 Å². The Morgan fingerprint density at radius 1 is 0.970 bits per heavy atom. The highest BCUT2D eigenvalue weighted by Gasteiger charge is 2.17. The number of ether oxygens (including phenoxy) is 3. The van der Waals surface area contributed by atoms with E-state index in [1.165, 1.54) is 4.68 Å². The number of hydrogen-bond acceptors (Lipinski definition) is 6. The van der Waals surface area contributed by atoms with Gasteiger partial charge in [-0.3, -0.25) is 14.0 Å². The van der Waals surface area contributed by atoms with Gasteiger partial charge in [0.1, 0.15) is 23.6 Å². The second-order valence-corrected chi connectivity index (χ2v) is 7.46. The summed E-state index contributed by atoms with van der Waals surface area (Å²) in [7, 11) is 4.72. The van der Waals surface area contributed by atoms with Gasteiger partial charge in [-0.25, -0.2) is 4.68 Å². The van der Waals surface area contributed by atoms with Crippen molar-refractivity contribution in [2.45, 2.75) is 26.4 Å². The highest BCUT2D eigenvalue weighted by atomic mass is 16.5. The molecule has 0 fully saturated rings. The molecule has 172 valence electrons. The van der Waals surface area contributed by atoms with Crippen LogP contribution in [0.3, 0.4) is 0 Å². The van der Waals surface area contributed by atoms with Crippen LogP contribution in [-0.2, 0) is 24.3 Å². The number of amides is 1. The Bertz CT molecular complexity index is 1390. The van der Waals surface area contributed by atoms with Gasteiger partial charge in [-0.15, -0.1) is 0 Å². The molecule has 4 rings (SSSR count). The molecule has 9 heteroatoms. The van der Waals surface area contributed by atoms with Crippen LogP contribution in [0.5, 0.6) is 17.2 Å². The van der Waals surface area contributed by atoms with Gasteiger partial charge in [0.25, 0.3) is 5.56 Å². The molecule has 2 aromatic heterocycles. The monoisotopic (exact) mass is 450 g/mol. The number of carbonyl (C=O) groups is 1. The Hall–Kier alpha value is -4.01. The van der Waals surface area contributed by atoms with Crippen molar-refractivity contribution >= 4 is 22.3 Å². The van der Waals surface area contributed by atoms with Crippen molar-refractivity contribution in [1.82, 2.24) is 19.5 Å². The predicted molar refractivity (Wildman–Crippen MR) is 124 cm³/mol. The van der Waals surface area contributed by atoms with E-state index >= 15 is 0 Å². The largest absolute Gasteiger partial charge is 0.496 e. The second kappa shape index (κ2) is 9.23. The van der Waals surface area contributed by atoms with Gasteiger partial charge in [-0.1, -0.05) is 19.1 Å². The average Bonchev–Trinajstić information content (AvgIpc) is 3.24. The summed E-state index contributed by atoms with van der Waals surface area (Å²) in [5.41, 5.74) is 1.80. The SMILES string of the molecule is CCc1nn(CC(=O)NCc2ccc(OC)c(OC)c2)c(=O)c2cc3c(OC)cccc3n12. The molecule has 9 nitrogen and oxygen atoms in total. The number of aromatic nitrogens is 3. The third kappa shape index (κ3) is 4.09. The zero-order valence-electron chi connectivity index (χ0n) is 19.0. The van der Waals surface area contributed by atoms with Crippen LogP contribution in [0.25, 0.3) is 16.4 Å². The summed E-state index contributed by atoms with van der Waals surface area (Å²) >= 11 is 0. The Kier molecular flexibility index (Phi) is 6.21. The van der Waals surface area contributed by atoms with Crippen LogP contribution < -0.4 is 25.1 Å². The number of aryl methyl sites for hydroxylation is 1. The first-order chi connectivity index (χ1) is 16.0. The molecule has 4 aromatic rings.